The predicted molar refractivity (Wildman–Crippen MR) is 192 cm³/mol. The van der Waals surface area contributed by atoms with E-state index < -0.39 is 5.41 Å². The zero-order chi connectivity index (χ0) is 33.5. The molecule has 5 heteroatoms. The summed E-state index contributed by atoms with van der Waals surface area (Å²) in [6.07, 6.45) is 16.9. The third-order valence-corrected chi connectivity index (χ3v) is 9.96. The van der Waals surface area contributed by atoms with E-state index in [1.54, 1.807) is 18.2 Å². The lowest BCUT2D eigenvalue weighted by Crippen LogP contribution is -2.16. The number of nitrogens with zero attached hydrogens (tertiary/aromatic N) is 1. The summed E-state index contributed by atoms with van der Waals surface area (Å²) >= 11 is 0. The number of aliphatic hydroxyl groups excluding tert-OH is 1. The third-order valence-electron chi connectivity index (χ3n) is 9.96. The van der Waals surface area contributed by atoms with Gasteiger partial charge in [-0.3, -0.25) is 9.78 Å². The Bertz CT molecular complexity index is 1820. The number of rotatable bonds is 16. The summed E-state index contributed by atoms with van der Waals surface area (Å²) in [6, 6.07) is 21.3. The number of ketones is 1. The molecule has 48 heavy (non-hydrogen) atoms. The lowest BCUT2D eigenvalue weighted by molar-refractivity contribution is -0.118. The quantitative estimate of drug-likeness (QED) is 0.0976. The van der Waals surface area contributed by atoms with Crippen molar-refractivity contribution < 1.29 is 19.0 Å². The molecule has 6 rings (SSSR count). The van der Waals surface area contributed by atoms with Gasteiger partial charge in [-0.1, -0.05) is 67.5 Å². The third kappa shape index (κ3) is 8.19. The standard InChI is InChI=1S/C43H46FNO3/c1-3-6-34-28-41-40(27-36(34)25-33-13-18-38(46)26-33)35(21-24-45-41)29-48-39-19-14-32(15-20-39)8-4-7-30(2)43(22-23-43)42(47)10-5-9-31-11-16-37(44)17-12-31/h5,10-17,19-21,24,27-28,38,46H,2-4,6-9,18,22-23,25-26,29H2,1H3/b10-5+. The number of ether oxygens (including phenoxy) is 1. The van der Waals surface area contributed by atoms with Crippen LogP contribution >= 0.6 is 0 Å². The molecule has 1 N–H and O–H groups in total. The Kier molecular flexibility index (Phi) is 10.7. The van der Waals surface area contributed by atoms with Crippen LogP contribution < -0.4 is 4.74 Å². The number of carbonyl (C=O) groups is 1. The van der Waals surface area contributed by atoms with Crippen LogP contribution in [0, 0.1) is 11.2 Å². The second kappa shape index (κ2) is 15.3. The van der Waals surface area contributed by atoms with Crippen LogP contribution in [0.15, 0.2) is 109 Å². The summed E-state index contributed by atoms with van der Waals surface area (Å²) in [5, 5.41) is 11.2. The van der Waals surface area contributed by atoms with Crippen molar-refractivity contribution in [2.45, 2.75) is 90.3 Å². The second-order valence-electron chi connectivity index (χ2n) is 13.6. The summed E-state index contributed by atoms with van der Waals surface area (Å²) in [5.41, 5.74) is 8.94. The van der Waals surface area contributed by atoms with Gasteiger partial charge in [-0.05, 0) is 135 Å². The minimum Gasteiger partial charge on any atom is -0.489 e. The predicted octanol–water partition coefficient (Wildman–Crippen LogP) is 9.56. The van der Waals surface area contributed by atoms with Gasteiger partial charge in [-0.25, -0.2) is 4.39 Å². The Morgan fingerprint density at radius 3 is 2.50 bits per heavy atom. The van der Waals surface area contributed by atoms with Gasteiger partial charge in [0.05, 0.1) is 17.0 Å². The van der Waals surface area contributed by atoms with Crippen molar-refractivity contribution >= 4 is 16.7 Å². The molecule has 0 aliphatic heterocycles. The van der Waals surface area contributed by atoms with E-state index in [2.05, 4.69) is 48.8 Å². The van der Waals surface area contributed by atoms with E-state index in [-0.39, 0.29) is 17.7 Å². The number of aliphatic hydroxyl groups is 1. The highest BCUT2D eigenvalue weighted by atomic mass is 19.1. The number of hydrogen-bond donors (Lipinski definition) is 1. The van der Waals surface area contributed by atoms with Crippen LogP contribution in [-0.4, -0.2) is 22.0 Å². The molecule has 4 nitrogen and oxygen atoms in total. The van der Waals surface area contributed by atoms with Crippen molar-refractivity contribution in [1.82, 2.24) is 4.98 Å². The van der Waals surface area contributed by atoms with Crippen LogP contribution in [0.2, 0.25) is 0 Å². The van der Waals surface area contributed by atoms with E-state index in [4.69, 9.17) is 4.74 Å². The molecule has 0 radical (unpaired) electrons. The second-order valence-corrected chi connectivity index (χ2v) is 13.6. The largest absolute Gasteiger partial charge is 0.489 e. The number of aryl methyl sites for hydroxylation is 2. The average Bonchev–Trinajstić information content (AvgIpc) is 3.81. The first-order valence-electron chi connectivity index (χ1n) is 17.4. The van der Waals surface area contributed by atoms with Gasteiger partial charge in [0.25, 0.3) is 0 Å². The maximum Gasteiger partial charge on any atom is 0.165 e. The first kappa shape index (κ1) is 33.5. The number of hydrogen-bond acceptors (Lipinski definition) is 4. The van der Waals surface area contributed by atoms with Crippen molar-refractivity contribution in [2.75, 3.05) is 0 Å². The number of benzene rings is 3. The van der Waals surface area contributed by atoms with Gasteiger partial charge in [-0.2, -0.15) is 0 Å². The molecule has 4 aromatic rings. The SMILES string of the molecule is C=C(CCCc1ccc(OCc2ccnc3cc(CCC)c(CC4=CCC(O)C4)cc23)cc1)C1(C(=O)/C=C/Cc2ccc(F)cc2)CC1. The molecule has 1 aromatic heterocycles. The van der Waals surface area contributed by atoms with Crippen LogP contribution in [0.5, 0.6) is 5.75 Å². The molecule has 3 aromatic carbocycles. The summed E-state index contributed by atoms with van der Waals surface area (Å²) in [6.45, 7) is 6.99. The van der Waals surface area contributed by atoms with Gasteiger partial charge in [0.15, 0.2) is 5.78 Å². The molecule has 2 aliphatic carbocycles. The molecular weight excluding hydrogens is 597 g/mol. The van der Waals surface area contributed by atoms with Crippen LogP contribution in [0.1, 0.15) is 79.7 Å². The van der Waals surface area contributed by atoms with Crippen molar-refractivity contribution in [3.8, 4) is 5.75 Å². The van der Waals surface area contributed by atoms with Crippen LogP contribution in [0.25, 0.3) is 10.9 Å². The molecule has 248 valence electrons. The lowest BCUT2D eigenvalue weighted by atomic mass is 9.88. The molecule has 1 unspecified atom stereocenters. The fourth-order valence-electron chi connectivity index (χ4n) is 6.93. The molecule has 0 saturated heterocycles. The number of allylic oxidation sites excluding steroid dienone is 3. The smallest absolute Gasteiger partial charge is 0.165 e. The van der Waals surface area contributed by atoms with Gasteiger partial charge in [0.2, 0.25) is 0 Å². The topological polar surface area (TPSA) is 59.4 Å². The van der Waals surface area contributed by atoms with Crippen LogP contribution in [0.3, 0.4) is 0 Å². The Morgan fingerprint density at radius 2 is 1.79 bits per heavy atom. The Balaban J connectivity index is 1.01. The average molecular weight is 644 g/mol. The Labute approximate surface area is 284 Å². The molecule has 1 heterocycles. The highest BCUT2D eigenvalue weighted by Crippen LogP contribution is 2.53. The maximum atomic E-state index is 13.1. The monoisotopic (exact) mass is 643 g/mol. The summed E-state index contributed by atoms with van der Waals surface area (Å²) in [7, 11) is 0. The first-order chi connectivity index (χ1) is 23.3. The van der Waals surface area contributed by atoms with E-state index in [9.17, 15) is 14.3 Å². The number of halogens is 1. The van der Waals surface area contributed by atoms with Gasteiger partial charge < -0.3 is 9.84 Å². The Hall–Kier alpha value is -4.35. The maximum absolute atomic E-state index is 13.1. The van der Waals surface area contributed by atoms with E-state index in [0.717, 1.165) is 97.6 Å². The molecule has 1 fully saturated rings. The number of carbonyl (C=O) groups excluding carboxylic acids is 1. The molecule has 0 spiro atoms. The molecule has 2 aliphatic rings. The molecule has 0 bridgehead atoms. The summed E-state index contributed by atoms with van der Waals surface area (Å²) in [4.78, 5) is 17.7. The summed E-state index contributed by atoms with van der Waals surface area (Å²) in [5.74, 6) is 0.718. The fourth-order valence-corrected chi connectivity index (χ4v) is 6.93. The molecule has 0 amide bonds. The highest BCUT2D eigenvalue weighted by molar-refractivity contribution is 5.99. The summed E-state index contributed by atoms with van der Waals surface area (Å²) < 4.78 is 19.4. The number of fused-ring (bicyclic) bond motifs is 1. The van der Waals surface area contributed by atoms with Crippen molar-refractivity contribution in [2.24, 2.45) is 5.41 Å². The zero-order valence-corrected chi connectivity index (χ0v) is 28.0. The van der Waals surface area contributed by atoms with Gasteiger partial charge >= 0.3 is 0 Å². The van der Waals surface area contributed by atoms with E-state index in [0.29, 0.717) is 13.0 Å². The van der Waals surface area contributed by atoms with Crippen LogP contribution in [0.4, 0.5) is 4.39 Å². The van der Waals surface area contributed by atoms with Gasteiger partial charge in [-0.15, -0.1) is 0 Å². The Morgan fingerprint density at radius 1 is 1.02 bits per heavy atom. The normalized spacial score (nSPS) is 16.7. The van der Waals surface area contributed by atoms with E-state index in [1.807, 2.05) is 30.5 Å². The van der Waals surface area contributed by atoms with Gasteiger partial charge in [0.1, 0.15) is 18.2 Å². The van der Waals surface area contributed by atoms with Gasteiger partial charge in [0, 0.05) is 17.1 Å². The fraction of sp³-hybridized carbons (Fsp3) is 0.349. The minimum absolute atomic E-state index is 0.141. The van der Waals surface area contributed by atoms with Crippen molar-refractivity contribution in [3.63, 3.8) is 0 Å². The first-order valence-corrected chi connectivity index (χ1v) is 17.4. The lowest BCUT2D eigenvalue weighted by Gasteiger charge is -2.16. The zero-order valence-electron chi connectivity index (χ0n) is 28.0. The van der Waals surface area contributed by atoms with E-state index in [1.165, 1.54) is 34.4 Å². The number of aromatic nitrogens is 1. The molecule has 1 atom stereocenters. The highest BCUT2D eigenvalue weighted by Gasteiger charge is 2.49. The van der Waals surface area contributed by atoms with Crippen molar-refractivity contribution in [3.05, 3.63) is 143 Å². The molecular formula is C43H46FNO3. The van der Waals surface area contributed by atoms with Crippen molar-refractivity contribution in [1.29, 1.82) is 0 Å². The molecule has 1 saturated carbocycles. The number of pyridine rings is 1. The van der Waals surface area contributed by atoms with E-state index >= 15 is 0 Å². The van der Waals surface area contributed by atoms with Crippen LogP contribution in [-0.2, 0) is 37.1 Å². The minimum atomic E-state index is -0.400.